The first-order valence-electron chi connectivity index (χ1n) is 6.32. The molecule has 1 heterocycles. The van der Waals surface area contributed by atoms with E-state index in [4.69, 9.17) is 9.47 Å². The van der Waals surface area contributed by atoms with Crippen LogP contribution in [-0.2, 0) is 9.47 Å². The molecule has 0 amide bonds. The van der Waals surface area contributed by atoms with E-state index in [0.29, 0.717) is 0 Å². The van der Waals surface area contributed by atoms with E-state index in [0.717, 1.165) is 38.4 Å². The summed E-state index contributed by atoms with van der Waals surface area (Å²) in [5, 5.41) is 0. The highest BCUT2D eigenvalue weighted by Crippen LogP contribution is 2.40. The molecule has 0 atom stereocenters. The first-order chi connectivity index (χ1) is 7.74. The van der Waals surface area contributed by atoms with Gasteiger partial charge in [-0.25, -0.2) is 0 Å². The quantitative estimate of drug-likeness (QED) is 0.681. The van der Waals surface area contributed by atoms with E-state index in [1.54, 1.807) is 0 Å². The van der Waals surface area contributed by atoms with Crippen molar-refractivity contribution in [1.82, 2.24) is 0 Å². The summed E-state index contributed by atoms with van der Waals surface area (Å²) in [4.78, 5) is 0. The molecule has 1 spiro atoms. The summed E-state index contributed by atoms with van der Waals surface area (Å²) >= 11 is 0. The third kappa shape index (κ3) is 2.74. The van der Waals surface area contributed by atoms with Crippen LogP contribution in [0.2, 0.25) is 0 Å². The van der Waals surface area contributed by atoms with Gasteiger partial charge < -0.3 is 9.47 Å². The summed E-state index contributed by atoms with van der Waals surface area (Å²) in [6.07, 6.45) is 9.83. The minimum atomic E-state index is -0.210. The van der Waals surface area contributed by atoms with Crippen LogP contribution in [0.5, 0.6) is 0 Å². The molecule has 2 rings (SSSR count). The minimum absolute atomic E-state index is 0.210. The van der Waals surface area contributed by atoms with Crippen LogP contribution in [0, 0.1) is 5.92 Å². The Labute approximate surface area is 98.3 Å². The van der Waals surface area contributed by atoms with Crippen molar-refractivity contribution in [3.05, 3.63) is 24.3 Å². The van der Waals surface area contributed by atoms with E-state index in [-0.39, 0.29) is 5.79 Å². The molecule has 2 heteroatoms. The van der Waals surface area contributed by atoms with Gasteiger partial charge in [-0.3, -0.25) is 0 Å². The second kappa shape index (κ2) is 5.15. The van der Waals surface area contributed by atoms with Gasteiger partial charge in [-0.15, -0.1) is 0 Å². The molecule has 0 radical (unpaired) electrons. The third-order valence-corrected chi connectivity index (χ3v) is 3.63. The van der Waals surface area contributed by atoms with E-state index >= 15 is 0 Å². The molecule has 0 aromatic carbocycles. The molecule has 90 valence electrons. The summed E-state index contributed by atoms with van der Waals surface area (Å²) < 4.78 is 11.4. The number of hydrogen-bond acceptors (Lipinski definition) is 2. The smallest absolute Gasteiger partial charge is 0.168 e. The van der Waals surface area contributed by atoms with Crippen LogP contribution in [-0.4, -0.2) is 19.0 Å². The van der Waals surface area contributed by atoms with Crippen LogP contribution in [0.25, 0.3) is 0 Å². The SMILES string of the molecule is C=C(/C=C\C)CC1CCC2(CC1)OCCO2. The molecular formula is C14H22O2. The number of allylic oxidation sites excluding steroid dienone is 3. The molecule has 2 fully saturated rings. The lowest BCUT2D eigenvalue weighted by molar-refractivity contribution is -0.182. The lowest BCUT2D eigenvalue weighted by atomic mass is 9.81. The van der Waals surface area contributed by atoms with Gasteiger partial charge in [0, 0.05) is 12.8 Å². The van der Waals surface area contributed by atoms with Gasteiger partial charge in [-0.2, -0.15) is 0 Å². The number of rotatable bonds is 3. The van der Waals surface area contributed by atoms with E-state index in [1.807, 2.05) is 6.92 Å². The number of hydrogen-bond donors (Lipinski definition) is 0. The maximum Gasteiger partial charge on any atom is 0.168 e. The fraction of sp³-hybridized carbons (Fsp3) is 0.714. The molecule has 1 saturated carbocycles. The van der Waals surface area contributed by atoms with Crippen LogP contribution < -0.4 is 0 Å². The Bertz CT molecular complexity index is 264. The first-order valence-corrected chi connectivity index (χ1v) is 6.32. The Kier molecular flexibility index (Phi) is 3.82. The van der Waals surface area contributed by atoms with Crippen molar-refractivity contribution in [3.8, 4) is 0 Å². The normalized spacial score (nSPS) is 25.6. The average molecular weight is 222 g/mol. The molecule has 2 nitrogen and oxygen atoms in total. The maximum absolute atomic E-state index is 5.72. The molecule has 0 unspecified atom stereocenters. The summed E-state index contributed by atoms with van der Waals surface area (Å²) in [6, 6.07) is 0. The van der Waals surface area contributed by atoms with E-state index in [2.05, 4.69) is 18.7 Å². The van der Waals surface area contributed by atoms with Gasteiger partial charge >= 0.3 is 0 Å². The Morgan fingerprint density at radius 2 is 1.94 bits per heavy atom. The Morgan fingerprint density at radius 3 is 2.50 bits per heavy atom. The topological polar surface area (TPSA) is 18.5 Å². The highest BCUT2D eigenvalue weighted by Gasteiger charge is 2.40. The highest BCUT2D eigenvalue weighted by molar-refractivity contribution is 5.14. The first kappa shape index (κ1) is 11.9. The van der Waals surface area contributed by atoms with Gasteiger partial charge in [0.25, 0.3) is 0 Å². The van der Waals surface area contributed by atoms with Gasteiger partial charge in [0.05, 0.1) is 13.2 Å². The van der Waals surface area contributed by atoms with Crippen molar-refractivity contribution in [2.75, 3.05) is 13.2 Å². The second-order valence-corrected chi connectivity index (χ2v) is 4.91. The van der Waals surface area contributed by atoms with E-state index in [1.165, 1.54) is 18.4 Å². The van der Waals surface area contributed by atoms with E-state index in [9.17, 15) is 0 Å². The fourth-order valence-corrected chi connectivity index (χ4v) is 2.78. The van der Waals surface area contributed by atoms with Crippen molar-refractivity contribution in [3.63, 3.8) is 0 Å². The molecule has 1 aliphatic carbocycles. The van der Waals surface area contributed by atoms with Crippen molar-refractivity contribution >= 4 is 0 Å². The van der Waals surface area contributed by atoms with Gasteiger partial charge in [0.1, 0.15) is 0 Å². The Morgan fingerprint density at radius 1 is 1.31 bits per heavy atom. The molecule has 1 saturated heterocycles. The predicted octanol–water partition coefficient (Wildman–Crippen LogP) is 3.44. The van der Waals surface area contributed by atoms with Crippen LogP contribution in [0.1, 0.15) is 39.0 Å². The van der Waals surface area contributed by atoms with Crippen LogP contribution in [0.3, 0.4) is 0 Å². The highest BCUT2D eigenvalue weighted by atomic mass is 16.7. The zero-order valence-electron chi connectivity index (χ0n) is 10.2. The summed E-state index contributed by atoms with van der Waals surface area (Å²) in [5.74, 6) is 0.556. The van der Waals surface area contributed by atoms with E-state index < -0.39 is 0 Å². The zero-order chi connectivity index (χ0) is 11.4. The molecule has 0 bridgehead atoms. The molecule has 1 aliphatic heterocycles. The standard InChI is InChI=1S/C14H22O2/c1-3-4-12(2)11-13-5-7-14(8-6-13)15-9-10-16-14/h3-4,13H,2,5-11H2,1H3/b4-3-. The average Bonchev–Trinajstić information content (AvgIpc) is 2.71. The van der Waals surface area contributed by atoms with Crippen LogP contribution in [0.4, 0.5) is 0 Å². The summed E-state index contributed by atoms with van der Waals surface area (Å²) in [7, 11) is 0. The maximum atomic E-state index is 5.72. The largest absolute Gasteiger partial charge is 0.348 e. The summed E-state index contributed by atoms with van der Waals surface area (Å²) in [5.41, 5.74) is 1.25. The molecule has 16 heavy (non-hydrogen) atoms. The second-order valence-electron chi connectivity index (χ2n) is 4.91. The number of ether oxygens (including phenoxy) is 2. The molecule has 0 N–H and O–H groups in total. The van der Waals surface area contributed by atoms with Gasteiger partial charge in [0.15, 0.2) is 5.79 Å². The fourth-order valence-electron chi connectivity index (χ4n) is 2.78. The van der Waals surface area contributed by atoms with Crippen molar-refractivity contribution < 1.29 is 9.47 Å². The lowest BCUT2D eigenvalue weighted by Gasteiger charge is -2.35. The molecule has 0 aromatic rings. The monoisotopic (exact) mass is 222 g/mol. The van der Waals surface area contributed by atoms with Crippen molar-refractivity contribution in [2.24, 2.45) is 5.92 Å². The lowest BCUT2D eigenvalue weighted by Crippen LogP contribution is -2.35. The van der Waals surface area contributed by atoms with Gasteiger partial charge in [0.2, 0.25) is 0 Å². The molecule has 2 aliphatic rings. The summed E-state index contributed by atoms with van der Waals surface area (Å²) in [6.45, 7) is 7.67. The Balaban J connectivity index is 1.78. The van der Waals surface area contributed by atoms with Gasteiger partial charge in [-0.1, -0.05) is 24.3 Å². The zero-order valence-corrected chi connectivity index (χ0v) is 10.2. The molecule has 0 aromatic heterocycles. The third-order valence-electron chi connectivity index (χ3n) is 3.63. The van der Waals surface area contributed by atoms with Crippen LogP contribution in [0.15, 0.2) is 24.3 Å². The van der Waals surface area contributed by atoms with Gasteiger partial charge in [-0.05, 0) is 32.1 Å². The van der Waals surface area contributed by atoms with Crippen molar-refractivity contribution in [2.45, 2.75) is 44.8 Å². The predicted molar refractivity (Wildman–Crippen MR) is 65.2 cm³/mol. The van der Waals surface area contributed by atoms with Crippen molar-refractivity contribution in [1.29, 1.82) is 0 Å². The molecular weight excluding hydrogens is 200 g/mol. The van der Waals surface area contributed by atoms with Crippen LogP contribution >= 0.6 is 0 Å². The Hall–Kier alpha value is -0.600. The minimum Gasteiger partial charge on any atom is -0.348 e.